The number of hydrogen-bond donors (Lipinski definition) is 1. The summed E-state index contributed by atoms with van der Waals surface area (Å²) in [5, 5.41) is 0. The minimum Gasteiger partial charge on any atom is -0.348 e. The largest absolute Gasteiger partial charge is 0.348 e. The van der Waals surface area contributed by atoms with Crippen LogP contribution in [0.5, 0.6) is 0 Å². The number of aromatic nitrogens is 2. The van der Waals surface area contributed by atoms with Crippen LogP contribution in [0.2, 0.25) is 0 Å². The van der Waals surface area contributed by atoms with Gasteiger partial charge in [0.05, 0.1) is 0 Å². The summed E-state index contributed by atoms with van der Waals surface area (Å²) in [6.07, 6.45) is 4.51. The molecule has 0 atom stereocenters. The topological polar surface area (TPSA) is 28.7 Å². The van der Waals surface area contributed by atoms with E-state index in [1.54, 1.807) is 6.20 Å². The number of aromatic amines is 1. The average Bonchev–Trinajstić information content (AvgIpc) is 2.62. The van der Waals surface area contributed by atoms with Crippen molar-refractivity contribution in [1.29, 1.82) is 0 Å². The van der Waals surface area contributed by atoms with Crippen LogP contribution in [0.25, 0.3) is 0 Å². The second-order valence-electron chi connectivity index (χ2n) is 3.20. The molecule has 1 aromatic heterocycles. The molecule has 0 radical (unpaired) electrons. The molecule has 13 heavy (non-hydrogen) atoms. The highest BCUT2D eigenvalue weighted by molar-refractivity contribution is 5.23. The first-order valence-electron chi connectivity index (χ1n) is 4.38. The van der Waals surface area contributed by atoms with Gasteiger partial charge in [-0.3, -0.25) is 0 Å². The molecule has 0 spiro atoms. The van der Waals surface area contributed by atoms with E-state index in [1.165, 1.54) is 11.1 Å². The van der Waals surface area contributed by atoms with Gasteiger partial charge in [-0.25, -0.2) is 4.98 Å². The lowest BCUT2D eigenvalue weighted by molar-refractivity contribution is 1.02. The Kier molecular flexibility index (Phi) is 2.13. The molecular formula is C11H12N2. The van der Waals surface area contributed by atoms with E-state index in [-0.39, 0.29) is 0 Å². The standard InChI is InChI=1S/C11H12N2/c1-9-2-4-10(5-3-9)8-11-12-6-7-13-11/h2-7H,8H2,1H3,(H,12,13). The van der Waals surface area contributed by atoms with Crippen LogP contribution in [0.1, 0.15) is 17.0 Å². The Labute approximate surface area is 77.6 Å². The van der Waals surface area contributed by atoms with Crippen LogP contribution in [0.3, 0.4) is 0 Å². The van der Waals surface area contributed by atoms with Gasteiger partial charge in [0, 0.05) is 18.8 Å². The van der Waals surface area contributed by atoms with Crippen molar-refractivity contribution in [3.63, 3.8) is 0 Å². The van der Waals surface area contributed by atoms with Crippen molar-refractivity contribution in [2.45, 2.75) is 13.3 Å². The molecule has 0 aliphatic carbocycles. The van der Waals surface area contributed by atoms with E-state index in [0.717, 1.165) is 12.2 Å². The van der Waals surface area contributed by atoms with E-state index in [1.807, 2.05) is 6.20 Å². The van der Waals surface area contributed by atoms with Crippen molar-refractivity contribution in [3.05, 3.63) is 53.6 Å². The number of aryl methyl sites for hydroxylation is 1. The second-order valence-corrected chi connectivity index (χ2v) is 3.20. The zero-order valence-electron chi connectivity index (χ0n) is 7.62. The summed E-state index contributed by atoms with van der Waals surface area (Å²) >= 11 is 0. The summed E-state index contributed by atoms with van der Waals surface area (Å²) in [5.41, 5.74) is 2.59. The first-order valence-corrected chi connectivity index (χ1v) is 4.38. The number of H-pyrrole nitrogens is 1. The molecule has 1 aromatic carbocycles. The van der Waals surface area contributed by atoms with Gasteiger partial charge in [0.25, 0.3) is 0 Å². The fraction of sp³-hybridized carbons (Fsp3) is 0.182. The zero-order valence-corrected chi connectivity index (χ0v) is 7.62. The monoisotopic (exact) mass is 172 g/mol. The van der Waals surface area contributed by atoms with Crippen LogP contribution in [0.15, 0.2) is 36.7 Å². The molecule has 0 saturated carbocycles. The van der Waals surface area contributed by atoms with Crippen LogP contribution in [0, 0.1) is 6.92 Å². The Morgan fingerprint density at radius 3 is 2.62 bits per heavy atom. The molecule has 0 fully saturated rings. The lowest BCUT2D eigenvalue weighted by Gasteiger charge is -1.98. The molecule has 2 heteroatoms. The molecule has 2 aromatic rings. The van der Waals surface area contributed by atoms with Crippen LogP contribution in [-0.2, 0) is 6.42 Å². The van der Waals surface area contributed by atoms with Gasteiger partial charge in [-0.15, -0.1) is 0 Å². The van der Waals surface area contributed by atoms with Crippen LogP contribution in [-0.4, -0.2) is 9.97 Å². The van der Waals surface area contributed by atoms with E-state index in [2.05, 4.69) is 41.2 Å². The van der Waals surface area contributed by atoms with Gasteiger partial charge in [-0.1, -0.05) is 29.8 Å². The maximum atomic E-state index is 4.18. The predicted octanol–water partition coefficient (Wildman–Crippen LogP) is 2.31. The summed E-state index contributed by atoms with van der Waals surface area (Å²) in [5.74, 6) is 1.02. The summed E-state index contributed by atoms with van der Waals surface area (Å²) in [6.45, 7) is 2.09. The molecule has 66 valence electrons. The molecule has 1 heterocycles. The Bertz CT molecular complexity index is 359. The van der Waals surface area contributed by atoms with Crippen molar-refractivity contribution in [3.8, 4) is 0 Å². The Morgan fingerprint density at radius 1 is 1.23 bits per heavy atom. The van der Waals surface area contributed by atoms with Gasteiger partial charge in [-0.2, -0.15) is 0 Å². The van der Waals surface area contributed by atoms with E-state index in [0.29, 0.717) is 0 Å². The summed E-state index contributed by atoms with van der Waals surface area (Å²) in [4.78, 5) is 7.27. The number of hydrogen-bond acceptors (Lipinski definition) is 1. The molecule has 0 saturated heterocycles. The lowest BCUT2D eigenvalue weighted by Crippen LogP contribution is -1.89. The third kappa shape index (κ3) is 1.96. The Hall–Kier alpha value is -1.57. The number of benzene rings is 1. The maximum Gasteiger partial charge on any atom is 0.110 e. The van der Waals surface area contributed by atoms with E-state index in [9.17, 15) is 0 Å². The minimum absolute atomic E-state index is 0.882. The van der Waals surface area contributed by atoms with Crippen molar-refractivity contribution < 1.29 is 0 Å². The van der Waals surface area contributed by atoms with Gasteiger partial charge < -0.3 is 4.98 Å². The molecule has 0 aliphatic rings. The molecule has 0 aliphatic heterocycles. The third-order valence-corrected chi connectivity index (χ3v) is 2.05. The first-order chi connectivity index (χ1) is 6.34. The fourth-order valence-electron chi connectivity index (χ4n) is 1.29. The Balaban J connectivity index is 2.15. The minimum atomic E-state index is 0.882. The summed E-state index contributed by atoms with van der Waals surface area (Å²) in [7, 11) is 0. The van der Waals surface area contributed by atoms with Crippen LogP contribution in [0.4, 0.5) is 0 Å². The fourth-order valence-corrected chi connectivity index (χ4v) is 1.29. The zero-order chi connectivity index (χ0) is 9.10. The highest BCUT2D eigenvalue weighted by atomic mass is 14.9. The number of nitrogens with zero attached hydrogens (tertiary/aromatic N) is 1. The molecular weight excluding hydrogens is 160 g/mol. The maximum absolute atomic E-state index is 4.18. The molecule has 1 N–H and O–H groups in total. The van der Waals surface area contributed by atoms with E-state index in [4.69, 9.17) is 0 Å². The van der Waals surface area contributed by atoms with Gasteiger partial charge in [0.2, 0.25) is 0 Å². The normalized spacial score (nSPS) is 10.2. The summed E-state index contributed by atoms with van der Waals surface area (Å²) < 4.78 is 0. The molecule has 0 bridgehead atoms. The number of nitrogens with one attached hydrogen (secondary N) is 1. The van der Waals surface area contributed by atoms with Gasteiger partial charge in [0.1, 0.15) is 5.82 Å². The van der Waals surface area contributed by atoms with Crippen LogP contribution >= 0.6 is 0 Å². The lowest BCUT2D eigenvalue weighted by atomic mass is 10.1. The third-order valence-electron chi connectivity index (χ3n) is 2.05. The van der Waals surface area contributed by atoms with E-state index < -0.39 is 0 Å². The molecule has 0 amide bonds. The van der Waals surface area contributed by atoms with Crippen LogP contribution < -0.4 is 0 Å². The number of imidazole rings is 1. The second kappa shape index (κ2) is 3.44. The quantitative estimate of drug-likeness (QED) is 0.739. The van der Waals surface area contributed by atoms with Crippen molar-refractivity contribution >= 4 is 0 Å². The van der Waals surface area contributed by atoms with Crippen molar-refractivity contribution in [2.75, 3.05) is 0 Å². The Morgan fingerprint density at radius 2 is 2.00 bits per heavy atom. The van der Waals surface area contributed by atoms with E-state index >= 15 is 0 Å². The van der Waals surface area contributed by atoms with Gasteiger partial charge in [0.15, 0.2) is 0 Å². The predicted molar refractivity (Wildman–Crippen MR) is 52.6 cm³/mol. The number of rotatable bonds is 2. The van der Waals surface area contributed by atoms with Gasteiger partial charge >= 0.3 is 0 Å². The molecule has 2 rings (SSSR count). The highest BCUT2D eigenvalue weighted by Crippen LogP contribution is 2.06. The molecule has 2 nitrogen and oxygen atoms in total. The van der Waals surface area contributed by atoms with Crippen molar-refractivity contribution in [1.82, 2.24) is 9.97 Å². The van der Waals surface area contributed by atoms with Crippen molar-refractivity contribution in [2.24, 2.45) is 0 Å². The average molecular weight is 172 g/mol. The van der Waals surface area contributed by atoms with Gasteiger partial charge in [-0.05, 0) is 12.5 Å². The highest BCUT2D eigenvalue weighted by Gasteiger charge is 1.96. The summed E-state index contributed by atoms with van der Waals surface area (Å²) in [6, 6.07) is 8.52. The SMILES string of the molecule is Cc1ccc(Cc2ncc[nH]2)cc1. The first kappa shape index (κ1) is 8.05. The smallest absolute Gasteiger partial charge is 0.110 e. The molecule has 0 unspecified atom stereocenters.